The largest absolute Gasteiger partial charge is 0.481 e. The van der Waals surface area contributed by atoms with Crippen LogP contribution in [-0.4, -0.2) is 20.6 Å². The van der Waals surface area contributed by atoms with Crippen LogP contribution in [0.1, 0.15) is 28.3 Å². The molecule has 0 fully saturated rings. The van der Waals surface area contributed by atoms with Gasteiger partial charge in [0.1, 0.15) is 5.82 Å². The van der Waals surface area contributed by atoms with Gasteiger partial charge in [0.2, 0.25) is 0 Å². The number of carboxylic acid groups (broad SMARTS) is 1. The lowest BCUT2D eigenvalue weighted by Crippen LogP contribution is -2.02. The summed E-state index contributed by atoms with van der Waals surface area (Å²) in [6.07, 6.45) is 1.72. The fraction of sp³-hybridized carbons (Fsp3) is 0.375. The average molecular weight is 272 g/mol. The van der Waals surface area contributed by atoms with E-state index in [-0.39, 0.29) is 6.42 Å². The number of aryl methyl sites for hydroxylation is 3. The summed E-state index contributed by atoms with van der Waals surface area (Å²) in [6.45, 7) is 3.99. The molecule has 106 valence electrons. The number of hydrogen-bond acceptors (Lipinski definition) is 2. The van der Waals surface area contributed by atoms with Crippen LogP contribution < -0.4 is 0 Å². The number of nitrogens with zero attached hydrogens (tertiary/aromatic N) is 2. The predicted molar refractivity (Wildman–Crippen MR) is 77.9 cm³/mol. The maximum atomic E-state index is 10.8. The molecule has 0 bridgehead atoms. The van der Waals surface area contributed by atoms with E-state index < -0.39 is 5.97 Å². The molecule has 0 aliphatic carbocycles. The molecule has 0 atom stereocenters. The van der Waals surface area contributed by atoms with Crippen LogP contribution >= 0.6 is 0 Å². The molecule has 0 saturated heterocycles. The fourth-order valence-corrected chi connectivity index (χ4v) is 2.24. The average Bonchev–Trinajstić information content (AvgIpc) is 2.66. The van der Waals surface area contributed by atoms with E-state index in [1.54, 1.807) is 0 Å². The molecule has 0 saturated carbocycles. The molecule has 1 heterocycles. The molecule has 0 unspecified atom stereocenters. The van der Waals surface area contributed by atoms with Crippen molar-refractivity contribution in [1.82, 2.24) is 9.55 Å². The molecule has 0 aliphatic rings. The number of benzene rings is 1. The summed E-state index contributed by atoms with van der Waals surface area (Å²) in [5.74, 6) is 0.107. The highest BCUT2D eigenvalue weighted by Crippen LogP contribution is 2.13. The van der Waals surface area contributed by atoms with Gasteiger partial charge in [0.05, 0.1) is 12.1 Å². The molecule has 20 heavy (non-hydrogen) atoms. The zero-order chi connectivity index (χ0) is 14.7. The van der Waals surface area contributed by atoms with Crippen LogP contribution in [0.3, 0.4) is 0 Å². The van der Waals surface area contributed by atoms with Crippen molar-refractivity contribution in [2.75, 3.05) is 0 Å². The summed E-state index contributed by atoms with van der Waals surface area (Å²) < 4.78 is 1.99. The van der Waals surface area contributed by atoms with Gasteiger partial charge in [-0.05, 0) is 25.8 Å². The Morgan fingerprint density at radius 3 is 2.45 bits per heavy atom. The van der Waals surface area contributed by atoms with Crippen LogP contribution in [0, 0.1) is 13.8 Å². The van der Waals surface area contributed by atoms with E-state index in [1.807, 2.05) is 18.5 Å². The van der Waals surface area contributed by atoms with E-state index in [1.165, 1.54) is 11.1 Å². The number of hydrogen-bond donors (Lipinski definition) is 1. The van der Waals surface area contributed by atoms with Crippen molar-refractivity contribution in [2.24, 2.45) is 7.05 Å². The van der Waals surface area contributed by atoms with Crippen molar-refractivity contribution < 1.29 is 9.90 Å². The third-order valence-corrected chi connectivity index (χ3v) is 3.65. The minimum atomic E-state index is -0.837. The summed E-state index contributed by atoms with van der Waals surface area (Å²) in [6, 6.07) is 8.47. The van der Waals surface area contributed by atoms with Gasteiger partial charge in [0.15, 0.2) is 0 Å². The number of rotatable bonds is 5. The summed E-state index contributed by atoms with van der Waals surface area (Å²) in [5, 5.41) is 8.88. The molecule has 1 aromatic carbocycles. The molecule has 1 aromatic heterocycles. The van der Waals surface area contributed by atoms with Gasteiger partial charge in [0, 0.05) is 19.2 Å². The fourth-order valence-electron chi connectivity index (χ4n) is 2.24. The summed E-state index contributed by atoms with van der Waals surface area (Å²) in [4.78, 5) is 15.3. The van der Waals surface area contributed by atoms with E-state index >= 15 is 0 Å². The molecule has 2 aromatic rings. The standard InChI is InChI=1S/C16H20N2O2/c1-11-4-6-13(7-5-11)8-9-15-17-14(10-16(19)20)12(2)18(15)3/h4-7H,8-10H2,1-3H3,(H,19,20). The van der Waals surface area contributed by atoms with Crippen LogP contribution in [0.5, 0.6) is 0 Å². The Kier molecular flexibility index (Phi) is 4.23. The van der Waals surface area contributed by atoms with Gasteiger partial charge < -0.3 is 9.67 Å². The Balaban J connectivity index is 2.09. The summed E-state index contributed by atoms with van der Waals surface area (Å²) in [7, 11) is 1.94. The molecule has 4 heteroatoms. The maximum Gasteiger partial charge on any atom is 0.309 e. The minimum absolute atomic E-state index is 0.00972. The van der Waals surface area contributed by atoms with E-state index in [0.717, 1.165) is 24.4 Å². The van der Waals surface area contributed by atoms with Crippen molar-refractivity contribution in [2.45, 2.75) is 33.1 Å². The molecular formula is C16H20N2O2. The zero-order valence-corrected chi connectivity index (χ0v) is 12.2. The first-order valence-electron chi connectivity index (χ1n) is 6.75. The van der Waals surface area contributed by atoms with Crippen molar-refractivity contribution in [1.29, 1.82) is 0 Å². The Bertz CT molecular complexity index is 612. The highest BCUT2D eigenvalue weighted by Gasteiger charge is 2.13. The monoisotopic (exact) mass is 272 g/mol. The predicted octanol–water partition coefficient (Wildman–Crippen LogP) is 2.45. The zero-order valence-electron chi connectivity index (χ0n) is 12.2. The lowest BCUT2D eigenvalue weighted by atomic mass is 10.1. The van der Waals surface area contributed by atoms with Gasteiger partial charge in [-0.25, -0.2) is 4.98 Å². The van der Waals surface area contributed by atoms with Gasteiger partial charge in [0.25, 0.3) is 0 Å². The van der Waals surface area contributed by atoms with E-state index in [9.17, 15) is 4.79 Å². The number of imidazole rings is 1. The Morgan fingerprint density at radius 2 is 1.85 bits per heavy atom. The molecule has 0 radical (unpaired) electrons. The highest BCUT2D eigenvalue weighted by atomic mass is 16.4. The lowest BCUT2D eigenvalue weighted by Gasteiger charge is -2.04. The molecular weight excluding hydrogens is 252 g/mol. The Morgan fingerprint density at radius 1 is 1.20 bits per heavy atom. The number of aromatic nitrogens is 2. The SMILES string of the molecule is Cc1ccc(CCc2nc(CC(=O)O)c(C)n2C)cc1. The second-order valence-electron chi connectivity index (χ2n) is 5.18. The maximum absolute atomic E-state index is 10.8. The first-order chi connectivity index (χ1) is 9.47. The van der Waals surface area contributed by atoms with E-state index in [0.29, 0.717) is 5.69 Å². The third kappa shape index (κ3) is 3.26. The van der Waals surface area contributed by atoms with Crippen LogP contribution in [-0.2, 0) is 31.1 Å². The molecule has 1 N–H and O–H groups in total. The quantitative estimate of drug-likeness (QED) is 0.909. The molecule has 4 nitrogen and oxygen atoms in total. The summed E-state index contributed by atoms with van der Waals surface area (Å²) >= 11 is 0. The molecule has 0 amide bonds. The van der Waals surface area contributed by atoms with Gasteiger partial charge >= 0.3 is 5.97 Å². The normalized spacial score (nSPS) is 10.8. The van der Waals surface area contributed by atoms with Gasteiger partial charge in [-0.15, -0.1) is 0 Å². The van der Waals surface area contributed by atoms with Crippen LogP contribution in [0.2, 0.25) is 0 Å². The van der Waals surface area contributed by atoms with Gasteiger partial charge in [-0.3, -0.25) is 4.79 Å². The first kappa shape index (κ1) is 14.3. The minimum Gasteiger partial charge on any atom is -0.481 e. The lowest BCUT2D eigenvalue weighted by molar-refractivity contribution is -0.136. The first-order valence-corrected chi connectivity index (χ1v) is 6.75. The highest BCUT2D eigenvalue weighted by molar-refractivity contribution is 5.69. The smallest absolute Gasteiger partial charge is 0.309 e. The van der Waals surface area contributed by atoms with E-state index in [2.05, 4.69) is 36.2 Å². The number of carbonyl (C=O) groups is 1. The van der Waals surface area contributed by atoms with Crippen molar-refractivity contribution in [3.05, 3.63) is 52.6 Å². The van der Waals surface area contributed by atoms with Crippen molar-refractivity contribution >= 4 is 5.97 Å². The van der Waals surface area contributed by atoms with Crippen molar-refractivity contribution in [3.8, 4) is 0 Å². The Labute approximate surface area is 119 Å². The molecule has 2 rings (SSSR count). The topological polar surface area (TPSA) is 55.1 Å². The summed E-state index contributed by atoms with van der Waals surface area (Å²) in [5.41, 5.74) is 4.13. The molecule has 0 aliphatic heterocycles. The van der Waals surface area contributed by atoms with Crippen LogP contribution in [0.25, 0.3) is 0 Å². The van der Waals surface area contributed by atoms with Crippen LogP contribution in [0.4, 0.5) is 0 Å². The van der Waals surface area contributed by atoms with Gasteiger partial charge in [-0.1, -0.05) is 29.8 Å². The number of aliphatic carboxylic acids is 1. The van der Waals surface area contributed by atoms with Gasteiger partial charge in [-0.2, -0.15) is 0 Å². The van der Waals surface area contributed by atoms with Crippen molar-refractivity contribution in [3.63, 3.8) is 0 Å². The second kappa shape index (κ2) is 5.90. The van der Waals surface area contributed by atoms with Crippen LogP contribution in [0.15, 0.2) is 24.3 Å². The third-order valence-electron chi connectivity index (χ3n) is 3.65. The molecule has 0 spiro atoms. The Hall–Kier alpha value is -2.10. The second-order valence-corrected chi connectivity index (χ2v) is 5.18. The van der Waals surface area contributed by atoms with E-state index in [4.69, 9.17) is 5.11 Å². The number of carboxylic acids is 1.